The summed E-state index contributed by atoms with van der Waals surface area (Å²) in [6.07, 6.45) is 0.308. The average molecular weight is 318 g/mol. The number of carbonyl (C=O) groups is 2. The minimum absolute atomic E-state index is 0.0999. The Labute approximate surface area is 133 Å². The van der Waals surface area contributed by atoms with Gasteiger partial charge in [0.25, 0.3) is 0 Å². The first-order valence-electron chi connectivity index (χ1n) is 6.94. The van der Waals surface area contributed by atoms with Crippen molar-refractivity contribution in [3.63, 3.8) is 0 Å². The standard InChI is InChI=1S/C16H18N2O3S/c1-11-18-12(10-22-11)9-17-16(20)8-7-14(19)13-5-3-4-6-15(13)21-2/h3-6,10H,7-9H2,1-2H3,(H,17,20). The van der Waals surface area contributed by atoms with E-state index < -0.39 is 0 Å². The Hall–Kier alpha value is -2.21. The van der Waals surface area contributed by atoms with E-state index in [2.05, 4.69) is 10.3 Å². The fourth-order valence-corrected chi connectivity index (χ4v) is 2.62. The van der Waals surface area contributed by atoms with Crippen molar-refractivity contribution in [2.45, 2.75) is 26.3 Å². The smallest absolute Gasteiger partial charge is 0.220 e. The van der Waals surface area contributed by atoms with Crippen LogP contribution >= 0.6 is 11.3 Å². The van der Waals surface area contributed by atoms with E-state index in [0.29, 0.717) is 17.9 Å². The van der Waals surface area contributed by atoms with Crippen LogP contribution in [0.1, 0.15) is 33.9 Å². The zero-order valence-corrected chi connectivity index (χ0v) is 13.4. The van der Waals surface area contributed by atoms with Gasteiger partial charge in [-0.1, -0.05) is 12.1 Å². The second kappa shape index (κ2) is 7.70. The van der Waals surface area contributed by atoms with E-state index in [1.54, 1.807) is 35.6 Å². The molecule has 0 unspecified atom stereocenters. The van der Waals surface area contributed by atoms with Crippen LogP contribution in [0.3, 0.4) is 0 Å². The Balaban J connectivity index is 1.81. The summed E-state index contributed by atoms with van der Waals surface area (Å²) >= 11 is 1.55. The van der Waals surface area contributed by atoms with Gasteiger partial charge in [0, 0.05) is 18.2 Å². The number of nitrogens with one attached hydrogen (secondary N) is 1. The minimum atomic E-state index is -0.158. The quantitative estimate of drug-likeness (QED) is 0.797. The Kier molecular flexibility index (Phi) is 5.66. The Morgan fingerprint density at radius 3 is 2.73 bits per heavy atom. The number of nitrogens with zero attached hydrogens (tertiary/aromatic N) is 1. The maximum Gasteiger partial charge on any atom is 0.220 e. The summed E-state index contributed by atoms with van der Waals surface area (Å²) in [4.78, 5) is 28.2. The van der Waals surface area contributed by atoms with Crippen LogP contribution in [0.25, 0.3) is 0 Å². The second-order valence-corrected chi connectivity index (χ2v) is 5.82. The van der Waals surface area contributed by atoms with Crippen LogP contribution in [-0.2, 0) is 11.3 Å². The molecule has 0 fully saturated rings. The third kappa shape index (κ3) is 4.39. The maximum absolute atomic E-state index is 12.1. The highest BCUT2D eigenvalue weighted by molar-refractivity contribution is 7.09. The molecule has 116 valence electrons. The SMILES string of the molecule is COc1ccccc1C(=O)CCC(=O)NCc1csc(C)n1. The molecule has 0 radical (unpaired) electrons. The van der Waals surface area contributed by atoms with Crippen molar-refractivity contribution in [3.05, 3.63) is 45.9 Å². The first-order valence-corrected chi connectivity index (χ1v) is 7.82. The molecule has 0 aliphatic carbocycles. The normalized spacial score (nSPS) is 10.3. The highest BCUT2D eigenvalue weighted by Gasteiger charge is 2.13. The first-order chi connectivity index (χ1) is 10.6. The number of aryl methyl sites for hydroxylation is 1. The van der Waals surface area contributed by atoms with Gasteiger partial charge in [0.15, 0.2) is 5.78 Å². The average Bonchev–Trinajstić information content (AvgIpc) is 2.96. The molecule has 5 nitrogen and oxygen atoms in total. The highest BCUT2D eigenvalue weighted by Crippen LogP contribution is 2.19. The lowest BCUT2D eigenvalue weighted by Crippen LogP contribution is -2.23. The fourth-order valence-electron chi connectivity index (χ4n) is 2.00. The van der Waals surface area contributed by atoms with Gasteiger partial charge < -0.3 is 10.1 Å². The number of para-hydroxylation sites is 1. The lowest BCUT2D eigenvalue weighted by molar-refractivity contribution is -0.121. The van der Waals surface area contributed by atoms with E-state index in [1.807, 2.05) is 12.3 Å². The third-order valence-electron chi connectivity index (χ3n) is 3.12. The number of amides is 1. The van der Waals surface area contributed by atoms with Crippen LogP contribution in [0.15, 0.2) is 29.6 Å². The molecular formula is C16H18N2O3S. The van der Waals surface area contributed by atoms with Crippen molar-refractivity contribution >= 4 is 23.0 Å². The number of hydrogen-bond acceptors (Lipinski definition) is 5. The fraction of sp³-hybridized carbons (Fsp3) is 0.312. The Morgan fingerprint density at radius 1 is 1.27 bits per heavy atom. The molecule has 0 saturated heterocycles. The van der Waals surface area contributed by atoms with Crippen molar-refractivity contribution in [1.82, 2.24) is 10.3 Å². The Morgan fingerprint density at radius 2 is 2.05 bits per heavy atom. The van der Waals surface area contributed by atoms with Gasteiger partial charge in [-0.3, -0.25) is 9.59 Å². The van der Waals surface area contributed by atoms with Crippen molar-refractivity contribution < 1.29 is 14.3 Å². The van der Waals surface area contributed by atoms with Gasteiger partial charge in [-0.25, -0.2) is 4.98 Å². The number of ketones is 1. The Bertz CT molecular complexity index is 667. The van der Waals surface area contributed by atoms with Gasteiger partial charge in [-0.05, 0) is 19.1 Å². The van der Waals surface area contributed by atoms with Crippen LogP contribution < -0.4 is 10.1 Å². The van der Waals surface area contributed by atoms with Gasteiger partial charge in [0.1, 0.15) is 5.75 Å². The van der Waals surface area contributed by atoms with E-state index in [1.165, 1.54) is 7.11 Å². The molecule has 1 aromatic heterocycles. The third-order valence-corrected chi connectivity index (χ3v) is 3.94. The predicted octanol–water partition coefficient (Wildman–Crippen LogP) is 2.74. The molecule has 1 aromatic carbocycles. The molecule has 6 heteroatoms. The van der Waals surface area contributed by atoms with E-state index >= 15 is 0 Å². The molecule has 0 atom stereocenters. The molecule has 0 saturated carbocycles. The number of Topliss-reactive ketones (excluding diaryl/α,β-unsaturated/α-hetero) is 1. The van der Waals surface area contributed by atoms with Gasteiger partial charge in [-0.2, -0.15) is 0 Å². The predicted molar refractivity (Wildman–Crippen MR) is 85.3 cm³/mol. The van der Waals surface area contributed by atoms with E-state index in [0.717, 1.165) is 10.7 Å². The van der Waals surface area contributed by atoms with Crippen molar-refractivity contribution in [1.29, 1.82) is 0 Å². The molecule has 1 amide bonds. The summed E-state index contributed by atoms with van der Waals surface area (Å²) in [7, 11) is 1.52. The lowest BCUT2D eigenvalue weighted by atomic mass is 10.1. The molecule has 0 spiro atoms. The van der Waals surface area contributed by atoms with E-state index in [4.69, 9.17) is 4.74 Å². The summed E-state index contributed by atoms with van der Waals surface area (Å²) in [5.74, 6) is 0.275. The van der Waals surface area contributed by atoms with E-state index in [9.17, 15) is 9.59 Å². The van der Waals surface area contributed by atoms with Crippen LogP contribution in [0.2, 0.25) is 0 Å². The van der Waals surface area contributed by atoms with Gasteiger partial charge in [0.2, 0.25) is 5.91 Å². The molecule has 1 N–H and O–H groups in total. The number of aromatic nitrogens is 1. The first kappa shape index (κ1) is 16.2. The molecule has 1 heterocycles. The van der Waals surface area contributed by atoms with Crippen LogP contribution in [0, 0.1) is 6.92 Å². The summed E-state index contributed by atoms with van der Waals surface area (Å²) in [6.45, 7) is 2.31. The number of carbonyl (C=O) groups excluding carboxylic acids is 2. The topological polar surface area (TPSA) is 68.3 Å². The van der Waals surface area contributed by atoms with Crippen LogP contribution in [0.5, 0.6) is 5.75 Å². The monoisotopic (exact) mass is 318 g/mol. The number of hydrogen-bond donors (Lipinski definition) is 1. The summed E-state index contributed by atoms with van der Waals surface area (Å²) in [5, 5.41) is 5.65. The molecular weight excluding hydrogens is 300 g/mol. The molecule has 0 aliphatic heterocycles. The molecule has 0 bridgehead atoms. The number of methoxy groups -OCH3 is 1. The zero-order valence-electron chi connectivity index (χ0n) is 12.6. The second-order valence-electron chi connectivity index (χ2n) is 4.76. The minimum Gasteiger partial charge on any atom is -0.496 e. The summed E-state index contributed by atoms with van der Waals surface area (Å²) < 4.78 is 5.15. The van der Waals surface area contributed by atoms with Crippen LogP contribution in [0.4, 0.5) is 0 Å². The van der Waals surface area contributed by atoms with Crippen molar-refractivity contribution in [3.8, 4) is 5.75 Å². The number of ether oxygens (including phenoxy) is 1. The lowest BCUT2D eigenvalue weighted by Gasteiger charge is -2.07. The molecule has 22 heavy (non-hydrogen) atoms. The number of benzene rings is 1. The molecule has 0 aliphatic rings. The number of thiazole rings is 1. The highest BCUT2D eigenvalue weighted by atomic mass is 32.1. The maximum atomic E-state index is 12.1. The zero-order chi connectivity index (χ0) is 15.9. The number of rotatable bonds is 7. The van der Waals surface area contributed by atoms with Crippen molar-refractivity contribution in [2.75, 3.05) is 7.11 Å². The molecule has 2 aromatic rings. The van der Waals surface area contributed by atoms with E-state index in [-0.39, 0.29) is 24.5 Å². The van der Waals surface area contributed by atoms with Crippen molar-refractivity contribution in [2.24, 2.45) is 0 Å². The van der Waals surface area contributed by atoms with Crippen LogP contribution in [-0.4, -0.2) is 23.8 Å². The molecule has 2 rings (SSSR count). The van der Waals surface area contributed by atoms with Gasteiger partial charge >= 0.3 is 0 Å². The largest absolute Gasteiger partial charge is 0.496 e. The summed E-state index contributed by atoms with van der Waals surface area (Å²) in [6, 6.07) is 7.02. The van der Waals surface area contributed by atoms with Gasteiger partial charge in [-0.15, -0.1) is 11.3 Å². The summed E-state index contributed by atoms with van der Waals surface area (Å²) in [5.41, 5.74) is 1.35. The van der Waals surface area contributed by atoms with Gasteiger partial charge in [0.05, 0.1) is 29.9 Å².